The second-order valence-electron chi connectivity index (χ2n) is 4.35. The van der Waals surface area contributed by atoms with Crippen LogP contribution in [0, 0.1) is 0 Å². The molecule has 1 aromatic carbocycles. The number of rotatable bonds is 2. The third-order valence-corrected chi connectivity index (χ3v) is 3.83. The molecular weight excluding hydrogens is 255 g/mol. The predicted molar refractivity (Wildman–Crippen MR) is 69.8 cm³/mol. The Labute approximate surface area is 110 Å². The first-order valence-corrected chi connectivity index (χ1v) is 6.48. The van der Waals surface area contributed by atoms with Gasteiger partial charge in [0.15, 0.2) is 0 Å². The van der Waals surface area contributed by atoms with E-state index in [-0.39, 0.29) is 0 Å². The highest BCUT2D eigenvalue weighted by atomic mass is 35.5. The van der Waals surface area contributed by atoms with Gasteiger partial charge in [-0.3, -0.25) is 0 Å². The van der Waals surface area contributed by atoms with E-state index in [4.69, 9.17) is 23.2 Å². The van der Waals surface area contributed by atoms with Crippen LogP contribution in [0.1, 0.15) is 23.2 Å². The van der Waals surface area contributed by atoms with E-state index in [1.165, 1.54) is 17.7 Å². The van der Waals surface area contributed by atoms with E-state index < -0.39 is 0 Å². The Balaban J connectivity index is 1.88. The summed E-state index contributed by atoms with van der Waals surface area (Å²) in [5.74, 6) is 0. The Kier molecular flexibility index (Phi) is 2.85. The lowest BCUT2D eigenvalue weighted by Crippen LogP contribution is -2.03. The molecule has 0 N–H and O–H groups in total. The highest BCUT2D eigenvalue weighted by Crippen LogP contribution is 2.28. The summed E-state index contributed by atoms with van der Waals surface area (Å²) in [5, 5.41) is 6.11. The SMILES string of the molecule is Clc1ccc(Cn2nc3c(c2Cl)CCC3)cc1. The fourth-order valence-corrected chi connectivity index (χ4v) is 2.70. The Bertz CT molecular complexity index is 543. The van der Waals surface area contributed by atoms with Gasteiger partial charge in [-0.1, -0.05) is 35.3 Å². The first-order chi connectivity index (χ1) is 8.24. The van der Waals surface area contributed by atoms with E-state index in [2.05, 4.69) is 5.10 Å². The van der Waals surface area contributed by atoms with Crippen LogP contribution in [0.25, 0.3) is 0 Å². The zero-order chi connectivity index (χ0) is 11.8. The Morgan fingerprint density at radius 2 is 1.88 bits per heavy atom. The van der Waals surface area contributed by atoms with Crippen molar-refractivity contribution in [3.8, 4) is 0 Å². The van der Waals surface area contributed by atoms with Crippen LogP contribution in [-0.4, -0.2) is 9.78 Å². The van der Waals surface area contributed by atoms with Crippen LogP contribution >= 0.6 is 23.2 Å². The molecule has 0 aliphatic heterocycles. The van der Waals surface area contributed by atoms with E-state index in [0.29, 0.717) is 6.54 Å². The maximum Gasteiger partial charge on any atom is 0.130 e. The van der Waals surface area contributed by atoms with E-state index in [9.17, 15) is 0 Å². The average molecular weight is 267 g/mol. The lowest BCUT2D eigenvalue weighted by atomic mass is 10.2. The molecule has 1 heterocycles. The van der Waals surface area contributed by atoms with Crippen molar-refractivity contribution < 1.29 is 0 Å². The second kappa shape index (κ2) is 4.35. The molecule has 88 valence electrons. The fraction of sp³-hybridized carbons (Fsp3) is 0.308. The van der Waals surface area contributed by atoms with E-state index >= 15 is 0 Å². The molecule has 0 fully saturated rings. The molecule has 0 bridgehead atoms. The van der Waals surface area contributed by atoms with Gasteiger partial charge in [-0.25, -0.2) is 4.68 Å². The normalized spacial score (nSPS) is 14.0. The molecule has 1 aromatic heterocycles. The van der Waals surface area contributed by atoms with Crippen molar-refractivity contribution in [2.75, 3.05) is 0 Å². The van der Waals surface area contributed by atoms with Crippen LogP contribution in [0.15, 0.2) is 24.3 Å². The van der Waals surface area contributed by atoms with Crippen molar-refractivity contribution >= 4 is 23.2 Å². The summed E-state index contributed by atoms with van der Waals surface area (Å²) < 4.78 is 1.88. The van der Waals surface area contributed by atoms with Gasteiger partial charge in [-0.2, -0.15) is 5.10 Å². The number of fused-ring (bicyclic) bond motifs is 1. The maximum absolute atomic E-state index is 6.33. The number of benzene rings is 1. The third kappa shape index (κ3) is 2.07. The monoisotopic (exact) mass is 266 g/mol. The van der Waals surface area contributed by atoms with Crippen LogP contribution in [0.4, 0.5) is 0 Å². The number of halogens is 2. The summed E-state index contributed by atoms with van der Waals surface area (Å²) in [6.07, 6.45) is 3.30. The van der Waals surface area contributed by atoms with Gasteiger partial charge >= 0.3 is 0 Å². The number of aryl methyl sites for hydroxylation is 1. The molecule has 1 aliphatic carbocycles. The highest BCUT2D eigenvalue weighted by molar-refractivity contribution is 6.30. The number of hydrogen-bond donors (Lipinski definition) is 0. The molecule has 17 heavy (non-hydrogen) atoms. The van der Waals surface area contributed by atoms with Gasteiger partial charge < -0.3 is 0 Å². The second-order valence-corrected chi connectivity index (χ2v) is 5.15. The van der Waals surface area contributed by atoms with Crippen LogP contribution in [0.2, 0.25) is 10.2 Å². The van der Waals surface area contributed by atoms with Crippen LogP contribution < -0.4 is 0 Å². The molecule has 3 rings (SSSR count). The minimum absolute atomic E-state index is 0.711. The molecule has 0 unspecified atom stereocenters. The van der Waals surface area contributed by atoms with Crippen molar-refractivity contribution in [1.29, 1.82) is 0 Å². The summed E-state index contributed by atoms with van der Waals surface area (Å²) in [6, 6.07) is 7.79. The Morgan fingerprint density at radius 3 is 2.59 bits per heavy atom. The zero-order valence-corrected chi connectivity index (χ0v) is 10.8. The summed E-state index contributed by atoms with van der Waals surface area (Å²) in [7, 11) is 0. The first-order valence-electron chi connectivity index (χ1n) is 5.72. The summed E-state index contributed by atoms with van der Waals surface area (Å²) in [5.41, 5.74) is 3.57. The van der Waals surface area contributed by atoms with Gasteiger partial charge in [0, 0.05) is 10.6 Å². The van der Waals surface area contributed by atoms with Gasteiger partial charge in [0.25, 0.3) is 0 Å². The molecule has 0 spiro atoms. The topological polar surface area (TPSA) is 17.8 Å². The molecule has 0 radical (unpaired) electrons. The summed E-state index contributed by atoms with van der Waals surface area (Å²) in [4.78, 5) is 0. The predicted octanol–water partition coefficient (Wildman–Crippen LogP) is 3.73. The van der Waals surface area contributed by atoms with Gasteiger partial charge in [-0.15, -0.1) is 0 Å². The number of nitrogens with zero attached hydrogens (tertiary/aromatic N) is 2. The molecule has 0 saturated carbocycles. The molecule has 0 saturated heterocycles. The fourth-order valence-electron chi connectivity index (χ4n) is 2.27. The van der Waals surface area contributed by atoms with E-state index in [1.807, 2.05) is 28.9 Å². The minimum atomic E-state index is 0.711. The molecule has 1 aliphatic rings. The van der Waals surface area contributed by atoms with Gasteiger partial charge in [0.05, 0.1) is 12.2 Å². The lowest BCUT2D eigenvalue weighted by molar-refractivity contribution is 0.664. The zero-order valence-electron chi connectivity index (χ0n) is 9.29. The van der Waals surface area contributed by atoms with Gasteiger partial charge in [-0.05, 0) is 37.0 Å². The molecule has 0 amide bonds. The van der Waals surface area contributed by atoms with E-state index in [1.54, 1.807) is 0 Å². The third-order valence-electron chi connectivity index (χ3n) is 3.15. The average Bonchev–Trinajstić information content (AvgIpc) is 2.87. The van der Waals surface area contributed by atoms with Crippen molar-refractivity contribution in [2.45, 2.75) is 25.8 Å². The number of hydrogen-bond acceptors (Lipinski definition) is 1. The van der Waals surface area contributed by atoms with Crippen molar-refractivity contribution in [3.63, 3.8) is 0 Å². The molecule has 4 heteroatoms. The summed E-state index contributed by atoms with van der Waals surface area (Å²) in [6.45, 7) is 0.711. The molecular formula is C13H12Cl2N2. The van der Waals surface area contributed by atoms with E-state index in [0.717, 1.165) is 28.6 Å². The Hall–Kier alpha value is -0.990. The molecule has 0 atom stereocenters. The van der Waals surface area contributed by atoms with Crippen LogP contribution in [-0.2, 0) is 19.4 Å². The summed E-state index contributed by atoms with van der Waals surface area (Å²) >= 11 is 12.2. The quantitative estimate of drug-likeness (QED) is 0.810. The minimum Gasteiger partial charge on any atom is -0.249 e. The molecule has 2 nitrogen and oxygen atoms in total. The standard InChI is InChI=1S/C13H12Cl2N2/c14-10-6-4-9(5-7-10)8-17-13(15)11-2-1-3-12(11)16-17/h4-7H,1-3,8H2. The van der Waals surface area contributed by atoms with Crippen molar-refractivity contribution in [1.82, 2.24) is 9.78 Å². The van der Waals surface area contributed by atoms with Crippen molar-refractivity contribution in [2.24, 2.45) is 0 Å². The number of aromatic nitrogens is 2. The molecule has 2 aromatic rings. The van der Waals surface area contributed by atoms with Crippen LogP contribution in [0.5, 0.6) is 0 Å². The highest BCUT2D eigenvalue weighted by Gasteiger charge is 2.20. The van der Waals surface area contributed by atoms with Gasteiger partial charge in [0.2, 0.25) is 0 Å². The van der Waals surface area contributed by atoms with Crippen LogP contribution in [0.3, 0.4) is 0 Å². The Morgan fingerprint density at radius 1 is 1.12 bits per heavy atom. The smallest absolute Gasteiger partial charge is 0.130 e. The van der Waals surface area contributed by atoms with Crippen molar-refractivity contribution in [3.05, 3.63) is 51.3 Å². The largest absolute Gasteiger partial charge is 0.249 e. The lowest BCUT2D eigenvalue weighted by Gasteiger charge is -2.04. The first kappa shape index (κ1) is 11.1. The maximum atomic E-state index is 6.33. The van der Waals surface area contributed by atoms with Gasteiger partial charge in [0.1, 0.15) is 5.15 Å².